The Kier molecular flexibility index (Phi) is 5.62. The van der Waals surface area contributed by atoms with E-state index in [2.05, 4.69) is 24.2 Å². The summed E-state index contributed by atoms with van der Waals surface area (Å²) in [4.78, 5) is 14.5. The van der Waals surface area contributed by atoms with Crippen LogP contribution in [0.15, 0.2) is 24.4 Å². The molecule has 1 aliphatic carbocycles. The molecule has 1 aliphatic heterocycles. The highest BCUT2D eigenvalue weighted by Crippen LogP contribution is 2.41. The van der Waals surface area contributed by atoms with Gasteiger partial charge in [-0.05, 0) is 55.2 Å². The zero-order valence-corrected chi connectivity index (χ0v) is 17.4. The fraction of sp³-hybridized carbons (Fsp3) is 0.571. The van der Waals surface area contributed by atoms with Crippen molar-refractivity contribution in [2.75, 3.05) is 13.1 Å². The Hall–Kier alpha value is -1.99. The third-order valence-corrected chi connectivity index (χ3v) is 6.31. The summed E-state index contributed by atoms with van der Waals surface area (Å²) in [6.45, 7) is 5.33. The van der Waals surface area contributed by atoms with Crippen molar-refractivity contribution in [1.29, 1.82) is 0 Å². The highest BCUT2D eigenvalue weighted by molar-refractivity contribution is 6.31. The number of carbonyl (C=O) groups excluding carboxylic acids is 1. The van der Waals surface area contributed by atoms with Gasteiger partial charge in [-0.25, -0.2) is 9.07 Å². The second kappa shape index (κ2) is 8.03. The molecule has 2 aliphatic rings. The van der Waals surface area contributed by atoms with Crippen molar-refractivity contribution in [2.45, 2.75) is 45.3 Å². The number of hydrogen-bond acceptors (Lipinski definition) is 4. The molecule has 156 valence electrons. The van der Waals surface area contributed by atoms with E-state index in [1.165, 1.54) is 18.2 Å². The fourth-order valence-electron chi connectivity index (χ4n) is 4.68. The van der Waals surface area contributed by atoms with Gasteiger partial charge in [-0.15, -0.1) is 5.10 Å². The van der Waals surface area contributed by atoms with Crippen molar-refractivity contribution in [3.63, 3.8) is 0 Å². The molecule has 0 radical (unpaired) electrons. The number of aliphatic hydroxyl groups is 1. The second-order valence-electron chi connectivity index (χ2n) is 8.75. The van der Waals surface area contributed by atoms with Gasteiger partial charge in [0.05, 0.1) is 23.4 Å². The number of fused-ring (bicyclic) bond motifs is 1. The highest BCUT2D eigenvalue weighted by Gasteiger charge is 2.44. The zero-order chi connectivity index (χ0) is 20.7. The summed E-state index contributed by atoms with van der Waals surface area (Å²) in [5, 5.41) is 19.5. The van der Waals surface area contributed by atoms with Crippen molar-refractivity contribution in [2.24, 2.45) is 17.8 Å². The molecular weight excluding hydrogens is 395 g/mol. The minimum absolute atomic E-state index is 0.00264. The van der Waals surface area contributed by atoms with Crippen molar-refractivity contribution in [3.8, 4) is 0 Å². The number of benzene rings is 1. The maximum atomic E-state index is 14.1. The topological polar surface area (TPSA) is 71.2 Å². The van der Waals surface area contributed by atoms with Gasteiger partial charge in [0, 0.05) is 24.3 Å². The Morgan fingerprint density at radius 2 is 2.03 bits per heavy atom. The number of hydrogen-bond donors (Lipinski definition) is 1. The van der Waals surface area contributed by atoms with E-state index in [9.17, 15) is 14.3 Å². The van der Waals surface area contributed by atoms with E-state index in [0.717, 1.165) is 18.5 Å². The number of nitrogens with zero attached hydrogens (tertiary/aromatic N) is 4. The predicted molar refractivity (Wildman–Crippen MR) is 107 cm³/mol. The van der Waals surface area contributed by atoms with Gasteiger partial charge in [0.1, 0.15) is 5.82 Å². The number of carbonyl (C=O) groups is 1. The first-order valence-corrected chi connectivity index (χ1v) is 10.5. The smallest absolute Gasteiger partial charge is 0.256 e. The Morgan fingerprint density at radius 1 is 1.31 bits per heavy atom. The van der Waals surface area contributed by atoms with Crippen LogP contribution in [0.3, 0.4) is 0 Å². The summed E-state index contributed by atoms with van der Waals surface area (Å²) in [6, 6.07) is 3.88. The Balaban J connectivity index is 1.47. The number of amides is 1. The molecule has 1 aromatic carbocycles. The van der Waals surface area contributed by atoms with Gasteiger partial charge in [-0.1, -0.05) is 30.7 Å². The van der Waals surface area contributed by atoms with Crippen LogP contribution in [0, 0.1) is 23.6 Å². The van der Waals surface area contributed by atoms with Crippen LogP contribution in [0.5, 0.6) is 0 Å². The van der Waals surface area contributed by atoms with Gasteiger partial charge in [-0.3, -0.25) is 4.79 Å². The molecule has 4 atom stereocenters. The normalized spacial score (nSPS) is 26.8. The van der Waals surface area contributed by atoms with Gasteiger partial charge in [-0.2, -0.15) is 0 Å². The summed E-state index contributed by atoms with van der Waals surface area (Å²) in [5.74, 6) is 0.0263. The molecule has 6 nitrogen and oxygen atoms in total. The van der Waals surface area contributed by atoms with Gasteiger partial charge in [0.2, 0.25) is 0 Å². The highest BCUT2D eigenvalue weighted by atomic mass is 35.5. The summed E-state index contributed by atoms with van der Waals surface area (Å²) in [5.41, 5.74) is 0.928. The molecule has 29 heavy (non-hydrogen) atoms. The average Bonchev–Trinajstić information content (AvgIpc) is 3.28. The lowest BCUT2D eigenvalue weighted by atomic mass is 9.77. The van der Waals surface area contributed by atoms with E-state index >= 15 is 0 Å². The molecule has 1 saturated heterocycles. The second-order valence-corrected chi connectivity index (χ2v) is 9.18. The van der Waals surface area contributed by atoms with Gasteiger partial charge in [0.15, 0.2) is 0 Å². The van der Waals surface area contributed by atoms with E-state index in [0.29, 0.717) is 30.5 Å². The number of aromatic nitrogens is 3. The molecule has 0 unspecified atom stereocenters. The molecular formula is C21H26ClFN4O2. The van der Waals surface area contributed by atoms with E-state index in [4.69, 9.17) is 11.6 Å². The molecule has 1 N–H and O–H groups in total. The predicted octanol–water partition coefficient (Wildman–Crippen LogP) is 3.35. The van der Waals surface area contributed by atoms with Crippen LogP contribution in [-0.4, -0.2) is 50.1 Å². The van der Waals surface area contributed by atoms with Gasteiger partial charge < -0.3 is 10.0 Å². The largest absolute Gasteiger partial charge is 0.391 e. The fourth-order valence-corrected chi connectivity index (χ4v) is 4.85. The number of halogens is 2. The molecule has 0 spiro atoms. The van der Waals surface area contributed by atoms with Crippen LogP contribution in [-0.2, 0) is 6.42 Å². The van der Waals surface area contributed by atoms with Crippen LogP contribution in [0.25, 0.3) is 0 Å². The molecule has 2 fully saturated rings. The summed E-state index contributed by atoms with van der Waals surface area (Å²) in [7, 11) is 0. The van der Waals surface area contributed by atoms with E-state index in [-0.39, 0.29) is 29.3 Å². The number of aliphatic hydroxyl groups excluding tert-OH is 1. The maximum absolute atomic E-state index is 14.1. The van der Waals surface area contributed by atoms with Crippen molar-refractivity contribution in [3.05, 3.63) is 46.5 Å². The summed E-state index contributed by atoms with van der Waals surface area (Å²) < 4.78 is 15.9. The Bertz CT molecular complexity index is 903. The first-order valence-electron chi connectivity index (χ1n) is 10.1. The van der Waals surface area contributed by atoms with Gasteiger partial charge >= 0.3 is 0 Å². The molecule has 0 bridgehead atoms. The Morgan fingerprint density at radius 3 is 2.76 bits per heavy atom. The molecule has 8 heteroatoms. The lowest BCUT2D eigenvalue weighted by molar-refractivity contribution is 0.0298. The first kappa shape index (κ1) is 20.3. The lowest BCUT2D eigenvalue weighted by Crippen LogP contribution is -2.36. The molecule has 4 rings (SSSR count). The van der Waals surface area contributed by atoms with Crippen LogP contribution in [0.1, 0.15) is 48.8 Å². The third-order valence-electron chi connectivity index (χ3n) is 6.07. The quantitative estimate of drug-likeness (QED) is 0.823. The van der Waals surface area contributed by atoms with Crippen LogP contribution in [0.4, 0.5) is 4.39 Å². The molecule has 1 amide bonds. The van der Waals surface area contributed by atoms with Crippen LogP contribution >= 0.6 is 11.6 Å². The third kappa shape index (κ3) is 4.16. The first-order chi connectivity index (χ1) is 13.8. The lowest BCUT2D eigenvalue weighted by Gasteiger charge is -2.34. The van der Waals surface area contributed by atoms with Crippen LogP contribution < -0.4 is 0 Å². The number of likely N-dealkylation sites (tertiary alicyclic amines) is 1. The summed E-state index contributed by atoms with van der Waals surface area (Å²) in [6.07, 6.45) is 3.55. The molecule has 2 heterocycles. The van der Waals surface area contributed by atoms with Crippen molar-refractivity contribution >= 4 is 17.5 Å². The van der Waals surface area contributed by atoms with Crippen molar-refractivity contribution < 1.29 is 14.3 Å². The minimum atomic E-state index is -0.563. The monoisotopic (exact) mass is 420 g/mol. The zero-order valence-electron chi connectivity index (χ0n) is 16.6. The van der Waals surface area contributed by atoms with E-state index in [1.807, 2.05) is 6.20 Å². The minimum Gasteiger partial charge on any atom is -0.391 e. The van der Waals surface area contributed by atoms with Crippen molar-refractivity contribution in [1.82, 2.24) is 19.9 Å². The molecule has 1 saturated carbocycles. The van der Waals surface area contributed by atoms with Crippen LogP contribution in [0.2, 0.25) is 5.02 Å². The SMILES string of the molecule is CC(C)Cc1cn([C@@H]2C[C@@H]3CN(C(=O)c4cc(Cl)ccc4F)C[C@@H]3C[C@H]2O)nn1. The van der Waals surface area contributed by atoms with E-state index in [1.54, 1.807) is 9.58 Å². The molecule has 2 aromatic rings. The molecule has 1 aromatic heterocycles. The number of rotatable bonds is 4. The average molecular weight is 421 g/mol. The van der Waals surface area contributed by atoms with Gasteiger partial charge in [0.25, 0.3) is 5.91 Å². The van der Waals surface area contributed by atoms with E-state index < -0.39 is 11.9 Å². The standard InChI is InChI=1S/C21H26ClFN4O2/c1-12(2)5-16-11-27(25-24-16)19-6-13-9-26(10-14(13)7-20(19)28)21(29)17-8-15(22)3-4-18(17)23/h3-4,8,11-14,19-20,28H,5-7,9-10H2,1-2H3/t13-,14+,19-,20-/m1/s1. The Labute approximate surface area is 174 Å². The maximum Gasteiger partial charge on any atom is 0.256 e. The summed E-state index contributed by atoms with van der Waals surface area (Å²) >= 11 is 5.94.